The molecule has 2 unspecified atom stereocenters. The Kier molecular flexibility index (Phi) is 10.1. The third kappa shape index (κ3) is 9.69. The van der Waals surface area contributed by atoms with E-state index in [-0.39, 0.29) is 12.9 Å². The number of nitrogens with one attached hydrogen (secondary N) is 3. The van der Waals surface area contributed by atoms with Gasteiger partial charge >= 0.3 is 0 Å². The molecule has 0 fully saturated rings. The van der Waals surface area contributed by atoms with Crippen molar-refractivity contribution in [3.63, 3.8) is 0 Å². The highest BCUT2D eigenvalue weighted by Crippen LogP contribution is 1.81. The van der Waals surface area contributed by atoms with Crippen LogP contribution in [-0.2, 0) is 0 Å². The second kappa shape index (κ2) is 10.7. The van der Waals surface area contributed by atoms with Crippen molar-refractivity contribution in [2.75, 3.05) is 26.9 Å². The fourth-order valence-electron chi connectivity index (χ4n) is 0.834. The number of aliphatic hydroxyl groups is 2. The van der Waals surface area contributed by atoms with E-state index >= 15 is 0 Å². The Balaban J connectivity index is 3.57. The Bertz CT molecular complexity index is 210. The number of rotatable bonds is 9. The molecule has 0 rings (SSSR count). The van der Waals surface area contributed by atoms with Gasteiger partial charge in [-0.05, 0) is 14.0 Å². The van der Waals surface area contributed by atoms with Gasteiger partial charge in [-0.3, -0.25) is 20.9 Å². The highest BCUT2D eigenvalue weighted by atomic mass is 16.3. The minimum Gasteiger partial charge on any atom is -0.381 e. The van der Waals surface area contributed by atoms with E-state index in [0.717, 1.165) is 0 Å². The first kappa shape index (κ1) is 15.1. The fourth-order valence-corrected chi connectivity index (χ4v) is 0.834. The summed E-state index contributed by atoms with van der Waals surface area (Å²) in [5.41, 5.74) is 0. The predicted octanol–water partition coefficient (Wildman–Crippen LogP) is -1.90. The molecule has 0 aliphatic rings. The van der Waals surface area contributed by atoms with Crippen LogP contribution >= 0.6 is 0 Å². The van der Waals surface area contributed by atoms with Gasteiger partial charge in [0.25, 0.3) is 0 Å². The number of hydrogen-bond acceptors (Lipinski definition) is 6. The van der Waals surface area contributed by atoms with Crippen molar-refractivity contribution in [3.8, 4) is 0 Å². The van der Waals surface area contributed by atoms with Crippen LogP contribution in [0.3, 0.4) is 0 Å². The maximum absolute atomic E-state index is 9.05. The highest BCUT2D eigenvalue weighted by Gasteiger charge is 1.94. The van der Waals surface area contributed by atoms with Gasteiger partial charge in [0.2, 0.25) is 0 Å². The lowest BCUT2D eigenvalue weighted by atomic mass is 10.5. The van der Waals surface area contributed by atoms with Crippen LogP contribution in [-0.4, -0.2) is 62.0 Å². The van der Waals surface area contributed by atoms with Gasteiger partial charge in [-0.1, -0.05) is 0 Å². The van der Waals surface area contributed by atoms with Crippen molar-refractivity contribution >= 4 is 12.6 Å². The van der Waals surface area contributed by atoms with Crippen LogP contribution in [0.2, 0.25) is 0 Å². The summed E-state index contributed by atoms with van der Waals surface area (Å²) in [5.74, 6) is 0. The molecule has 0 saturated carbocycles. The lowest BCUT2D eigenvalue weighted by molar-refractivity contribution is 0.219. The van der Waals surface area contributed by atoms with Crippen LogP contribution in [0.5, 0.6) is 0 Å². The molecule has 0 aromatic heterocycles. The molecule has 0 saturated heterocycles. The smallest absolute Gasteiger partial charge is 0.141 e. The SMILES string of the molecule is CNC(O)C=NC=NC(C)NCCNCO. The molecule has 0 aromatic carbocycles. The molecule has 0 aliphatic carbocycles. The quantitative estimate of drug-likeness (QED) is 0.138. The van der Waals surface area contributed by atoms with Crippen molar-refractivity contribution in [1.82, 2.24) is 16.0 Å². The molecule has 7 nitrogen and oxygen atoms in total. The molecule has 2 atom stereocenters. The van der Waals surface area contributed by atoms with E-state index in [9.17, 15) is 0 Å². The molecular formula is C9H21N5O2. The average molecular weight is 231 g/mol. The second-order valence-corrected chi connectivity index (χ2v) is 3.08. The maximum atomic E-state index is 9.05. The minimum absolute atomic E-state index is 0.0223. The van der Waals surface area contributed by atoms with Gasteiger partial charge in [0.1, 0.15) is 12.6 Å². The summed E-state index contributed by atoms with van der Waals surface area (Å²) in [6.07, 6.45) is 1.94. The topological polar surface area (TPSA) is 101 Å². The van der Waals surface area contributed by atoms with Crippen LogP contribution in [0.15, 0.2) is 9.98 Å². The van der Waals surface area contributed by atoms with Crippen LogP contribution in [0.25, 0.3) is 0 Å². The maximum Gasteiger partial charge on any atom is 0.141 e. The Morgan fingerprint density at radius 3 is 2.75 bits per heavy atom. The van der Waals surface area contributed by atoms with E-state index < -0.39 is 6.23 Å². The molecular weight excluding hydrogens is 210 g/mol. The molecule has 0 bridgehead atoms. The zero-order valence-electron chi connectivity index (χ0n) is 9.72. The van der Waals surface area contributed by atoms with Crippen molar-refractivity contribution in [3.05, 3.63) is 0 Å². The van der Waals surface area contributed by atoms with Gasteiger partial charge in [0, 0.05) is 19.3 Å². The van der Waals surface area contributed by atoms with Crippen molar-refractivity contribution in [2.45, 2.75) is 19.3 Å². The third-order valence-corrected chi connectivity index (χ3v) is 1.73. The number of hydrogen-bond donors (Lipinski definition) is 5. The van der Waals surface area contributed by atoms with Crippen LogP contribution in [0, 0.1) is 0 Å². The van der Waals surface area contributed by atoms with Crippen molar-refractivity contribution < 1.29 is 10.2 Å². The third-order valence-electron chi connectivity index (χ3n) is 1.73. The fraction of sp³-hybridized carbons (Fsp3) is 0.778. The van der Waals surface area contributed by atoms with Crippen LogP contribution < -0.4 is 16.0 Å². The Labute approximate surface area is 95.7 Å². The number of aliphatic hydroxyl groups excluding tert-OH is 2. The molecule has 0 radical (unpaired) electrons. The summed E-state index contributed by atoms with van der Waals surface area (Å²) in [6.45, 7) is 3.25. The van der Waals surface area contributed by atoms with Gasteiger partial charge in [0.05, 0.1) is 12.9 Å². The van der Waals surface area contributed by atoms with E-state index in [1.165, 1.54) is 12.6 Å². The summed E-state index contributed by atoms with van der Waals surface area (Å²) in [4.78, 5) is 7.87. The monoisotopic (exact) mass is 231 g/mol. The second-order valence-electron chi connectivity index (χ2n) is 3.08. The van der Waals surface area contributed by atoms with Gasteiger partial charge in [-0.25, -0.2) is 4.99 Å². The van der Waals surface area contributed by atoms with Crippen molar-refractivity contribution in [1.29, 1.82) is 0 Å². The minimum atomic E-state index is -0.747. The number of aliphatic imine (C=N–C) groups is 2. The molecule has 0 spiro atoms. The normalized spacial score (nSPS) is 16.0. The average Bonchev–Trinajstić information content (AvgIpc) is 2.30. The van der Waals surface area contributed by atoms with Gasteiger partial charge in [0.15, 0.2) is 0 Å². The van der Waals surface area contributed by atoms with Crippen molar-refractivity contribution in [2.24, 2.45) is 9.98 Å². The lowest BCUT2D eigenvalue weighted by Gasteiger charge is -2.08. The van der Waals surface area contributed by atoms with E-state index in [4.69, 9.17) is 10.2 Å². The number of nitrogens with zero attached hydrogens (tertiary/aromatic N) is 2. The molecule has 0 heterocycles. The summed E-state index contributed by atoms with van der Waals surface area (Å²) in [7, 11) is 1.63. The summed E-state index contributed by atoms with van der Waals surface area (Å²) in [5, 5.41) is 26.0. The molecule has 94 valence electrons. The Morgan fingerprint density at radius 2 is 2.12 bits per heavy atom. The van der Waals surface area contributed by atoms with E-state index in [2.05, 4.69) is 25.9 Å². The van der Waals surface area contributed by atoms with Crippen LogP contribution in [0.4, 0.5) is 0 Å². The first-order chi connectivity index (χ1) is 7.70. The molecule has 7 heteroatoms. The summed E-state index contributed by atoms with van der Waals surface area (Å²) < 4.78 is 0. The lowest BCUT2D eigenvalue weighted by Crippen LogP contribution is -2.32. The molecule has 5 N–H and O–H groups in total. The summed E-state index contributed by atoms with van der Waals surface area (Å²) >= 11 is 0. The largest absolute Gasteiger partial charge is 0.381 e. The first-order valence-corrected chi connectivity index (χ1v) is 5.16. The molecule has 0 aromatic rings. The Morgan fingerprint density at radius 1 is 1.38 bits per heavy atom. The standard InChI is InChI=1S/C9H21N5O2/c1-8(13-4-3-11-7-15)14-6-12-5-9(16)10-2/h5-6,8-11,13,15-16H,3-4,7H2,1-2H3. The van der Waals surface area contributed by atoms with Gasteiger partial charge in [-0.2, -0.15) is 0 Å². The van der Waals surface area contributed by atoms with E-state index in [1.807, 2.05) is 6.92 Å². The molecule has 0 aliphatic heterocycles. The Hall–Kier alpha value is -0.860. The van der Waals surface area contributed by atoms with E-state index in [0.29, 0.717) is 13.1 Å². The van der Waals surface area contributed by atoms with Crippen LogP contribution in [0.1, 0.15) is 6.92 Å². The first-order valence-electron chi connectivity index (χ1n) is 5.16. The highest BCUT2D eigenvalue weighted by molar-refractivity contribution is 5.74. The molecule has 16 heavy (non-hydrogen) atoms. The zero-order chi connectivity index (χ0) is 12.2. The van der Waals surface area contributed by atoms with Gasteiger partial charge < -0.3 is 10.2 Å². The zero-order valence-corrected chi connectivity index (χ0v) is 9.72. The predicted molar refractivity (Wildman–Crippen MR) is 64.6 cm³/mol. The van der Waals surface area contributed by atoms with E-state index in [1.54, 1.807) is 7.05 Å². The van der Waals surface area contributed by atoms with Gasteiger partial charge in [-0.15, -0.1) is 0 Å². The summed E-state index contributed by atoms with van der Waals surface area (Å²) in [6, 6.07) is 0. The molecule has 0 amide bonds.